The number of nitrogens with one attached hydrogen (secondary N) is 2. The van der Waals surface area contributed by atoms with Gasteiger partial charge >= 0.3 is 0 Å². The van der Waals surface area contributed by atoms with Crippen LogP contribution >= 0.6 is 0 Å². The van der Waals surface area contributed by atoms with Crippen LogP contribution in [0.5, 0.6) is 0 Å². The van der Waals surface area contributed by atoms with E-state index in [2.05, 4.69) is 10.6 Å². The average molecular weight is 386 g/mol. The van der Waals surface area contributed by atoms with E-state index >= 15 is 0 Å². The zero-order valence-corrected chi connectivity index (χ0v) is 15.1. The molecule has 1 unspecified atom stereocenters. The SMILES string of the molecule is O=C(C=Cc1c(F)cccc1F)Nc1ccccc1C(=O)NCC1CCCO1. The molecule has 1 atom stereocenters. The zero-order valence-electron chi connectivity index (χ0n) is 15.1. The summed E-state index contributed by atoms with van der Waals surface area (Å²) in [6.45, 7) is 1.09. The zero-order chi connectivity index (χ0) is 19.9. The molecule has 0 spiro atoms. The number of carbonyl (C=O) groups is 2. The summed E-state index contributed by atoms with van der Waals surface area (Å²) >= 11 is 0. The maximum Gasteiger partial charge on any atom is 0.253 e. The first-order valence-electron chi connectivity index (χ1n) is 8.96. The minimum absolute atomic E-state index is 0.00398. The third-order valence-electron chi connectivity index (χ3n) is 4.34. The van der Waals surface area contributed by atoms with Crippen molar-refractivity contribution in [3.63, 3.8) is 0 Å². The van der Waals surface area contributed by atoms with E-state index in [-0.39, 0.29) is 17.6 Å². The molecule has 3 rings (SSSR count). The Labute approximate surface area is 161 Å². The van der Waals surface area contributed by atoms with Gasteiger partial charge in [-0.3, -0.25) is 9.59 Å². The quantitative estimate of drug-likeness (QED) is 0.747. The predicted octanol–water partition coefficient (Wildman–Crippen LogP) is 3.53. The number of amides is 2. The smallest absolute Gasteiger partial charge is 0.253 e. The molecule has 1 saturated heterocycles. The molecule has 2 N–H and O–H groups in total. The highest BCUT2D eigenvalue weighted by atomic mass is 19.1. The van der Waals surface area contributed by atoms with Gasteiger partial charge in [0.05, 0.1) is 17.4 Å². The lowest BCUT2D eigenvalue weighted by Crippen LogP contribution is -2.32. The predicted molar refractivity (Wildman–Crippen MR) is 102 cm³/mol. The summed E-state index contributed by atoms with van der Waals surface area (Å²) in [6, 6.07) is 9.97. The van der Waals surface area contributed by atoms with Crippen molar-refractivity contribution in [3.8, 4) is 0 Å². The molecule has 7 heteroatoms. The molecular weight excluding hydrogens is 366 g/mol. The largest absolute Gasteiger partial charge is 0.376 e. The van der Waals surface area contributed by atoms with Crippen LogP contribution in [-0.2, 0) is 9.53 Å². The maximum atomic E-state index is 13.6. The van der Waals surface area contributed by atoms with Gasteiger partial charge in [0.2, 0.25) is 5.91 Å². The number of para-hydroxylation sites is 1. The lowest BCUT2D eigenvalue weighted by atomic mass is 10.1. The van der Waals surface area contributed by atoms with Crippen LogP contribution in [0, 0.1) is 11.6 Å². The lowest BCUT2D eigenvalue weighted by molar-refractivity contribution is -0.111. The number of ether oxygens (including phenoxy) is 1. The first-order chi connectivity index (χ1) is 13.5. The number of anilines is 1. The molecule has 2 amide bonds. The van der Waals surface area contributed by atoms with Crippen LogP contribution in [0.3, 0.4) is 0 Å². The Morgan fingerprint density at radius 2 is 1.86 bits per heavy atom. The van der Waals surface area contributed by atoms with Crippen molar-refractivity contribution >= 4 is 23.6 Å². The van der Waals surface area contributed by atoms with Gasteiger partial charge in [0.25, 0.3) is 5.91 Å². The van der Waals surface area contributed by atoms with Gasteiger partial charge < -0.3 is 15.4 Å². The molecule has 0 aromatic heterocycles. The monoisotopic (exact) mass is 386 g/mol. The van der Waals surface area contributed by atoms with Crippen molar-refractivity contribution < 1.29 is 23.1 Å². The molecule has 1 fully saturated rings. The number of rotatable bonds is 6. The Morgan fingerprint density at radius 1 is 1.11 bits per heavy atom. The third-order valence-corrected chi connectivity index (χ3v) is 4.34. The number of hydrogen-bond donors (Lipinski definition) is 2. The molecule has 0 radical (unpaired) electrons. The molecule has 0 saturated carbocycles. The molecule has 1 aliphatic rings. The molecule has 0 aliphatic carbocycles. The van der Waals surface area contributed by atoms with E-state index in [9.17, 15) is 18.4 Å². The second kappa shape index (κ2) is 9.23. The van der Waals surface area contributed by atoms with Crippen LogP contribution in [0.2, 0.25) is 0 Å². The van der Waals surface area contributed by atoms with Crippen molar-refractivity contribution in [1.29, 1.82) is 0 Å². The average Bonchev–Trinajstić information content (AvgIpc) is 3.20. The second-order valence-corrected chi connectivity index (χ2v) is 6.35. The number of hydrogen-bond acceptors (Lipinski definition) is 3. The molecule has 146 valence electrons. The molecule has 2 aromatic carbocycles. The number of benzene rings is 2. The van der Waals surface area contributed by atoms with E-state index in [1.165, 1.54) is 6.07 Å². The Bertz CT molecular complexity index is 873. The number of carbonyl (C=O) groups excluding carboxylic acids is 2. The van der Waals surface area contributed by atoms with E-state index in [1.807, 2.05) is 0 Å². The summed E-state index contributed by atoms with van der Waals surface area (Å²) in [5, 5.41) is 5.36. The standard InChI is InChI=1S/C21H20F2N2O3/c22-17-7-3-8-18(23)15(17)10-11-20(26)25-19-9-2-1-6-16(19)21(27)24-13-14-5-4-12-28-14/h1-3,6-11,14H,4-5,12-13H2,(H,24,27)(H,25,26). The van der Waals surface area contributed by atoms with Crippen molar-refractivity contribution in [2.75, 3.05) is 18.5 Å². The summed E-state index contributed by atoms with van der Waals surface area (Å²) in [5.74, 6) is -2.48. The highest BCUT2D eigenvalue weighted by Gasteiger charge is 2.18. The summed E-state index contributed by atoms with van der Waals surface area (Å²) in [5.41, 5.74) is 0.288. The van der Waals surface area contributed by atoms with Gasteiger partial charge in [0.1, 0.15) is 11.6 Å². The molecule has 1 aliphatic heterocycles. The van der Waals surface area contributed by atoms with Crippen molar-refractivity contribution in [2.45, 2.75) is 18.9 Å². The summed E-state index contributed by atoms with van der Waals surface area (Å²) in [7, 11) is 0. The maximum absolute atomic E-state index is 13.6. The van der Waals surface area contributed by atoms with Gasteiger partial charge in [-0.1, -0.05) is 18.2 Å². The van der Waals surface area contributed by atoms with Gasteiger partial charge in [-0.25, -0.2) is 8.78 Å². The van der Waals surface area contributed by atoms with Crippen molar-refractivity contribution in [2.24, 2.45) is 0 Å². The minimum atomic E-state index is -0.766. The fourth-order valence-corrected chi connectivity index (χ4v) is 2.90. The van der Waals surface area contributed by atoms with E-state index in [0.717, 1.165) is 37.1 Å². The summed E-state index contributed by atoms with van der Waals surface area (Å²) in [4.78, 5) is 24.6. The summed E-state index contributed by atoms with van der Waals surface area (Å²) in [6.07, 6.45) is 3.95. The molecule has 0 bridgehead atoms. The van der Waals surface area contributed by atoms with E-state index in [4.69, 9.17) is 4.74 Å². The fourth-order valence-electron chi connectivity index (χ4n) is 2.90. The van der Waals surface area contributed by atoms with Gasteiger partial charge in [0, 0.05) is 24.8 Å². The van der Waals surface area contributed by atoms with Gasteiger partial charge in [-0.2, -0.15) is 0 Å². The summed E-state index contributed by atoms with van der Waals surface area (Å²) < 4.78 is 32.7. The highest BCUT2D eigenvalue weighted by Crippen LogP contribution is 2.17. The molecule has 2 aromatic rings. The van der Waals surface area contributed by atoms with Crippen LogP contribution in [0.15, 0.2) is 48.5 Å². The Hall–Kier alpha value is -3.06. The van der Waals surface area contributed by atoms with Crippen LogP contribution < -0.4 is 10.6 Å². The molecule has 1 heterocycles. The minimum Gasteiger partial charge on any atom is -0.376 e. The van der Waals surface area contributed by atoms with E-state index in [1.54, 1.807) is 24.3 Å². The first-order valence-corrected chi connectivity index (χ1v) is 8.96. The second-order valence-electron chi connectivity index (χ2n) is 6.35. The topological polar surface area (TPSA) is 67.4 Å². The Morgan fingerprint density at radius 3 is 2.57 bits per heavy atom. The van der Waals surface area contributed by atoms with E-state index < -0.39 is 17.5 Å². The van der Waals surface area contributed by atoms with Crippen LogP contribution in [0.25, 0.3) is 6.08 Å². The third kappa shape index (κ3) is 5.01. The van der Waals surface area contributed by atoms with Crippen LogP contribution in [0.1, 0.15) is 28.8 Å². The normalized spacial score (nSPS) is 16.3. The molecule has 28 heavy (non-hydrogen) atoms. The lowest BCUT2D eigenvalue weighted by Gasteiger charge is -2.13. The Balaban J connectivity index is 1.66. The first kappa shape index (κ1) is 19.7. The van der Waals surface area contributed by atoms with Crippen LogP contribution in [0.4, 0.5) is 14.5 Å². The van der Waals surface area contributed by atoms with Gasteiger partial charge in [-0.05, 0) is 43.2 Å². The van der Waals surface area contributed by atoms with Crippen LogP contribution in [-0.4, -0.2) is 31.1 Å². The molecule has 5 nitrogen and oxygen atoms in total. The Kier molecular flexibility index (Phi) is 6.49. The van der Waals surface area contributed by atoms with Crippen molar-refractivity contribution in [3.05, 3.63) is 71.3 Å². The van der Waals surface area contributed by atoms with Crippen molar-refractivity contribution in [1.82, 2.24) is 5.32 Å². The van der Waals surface area contributed by atoms with Gasteiger partial charge in [0.15, 0.2) is 0 Å². The number of halogens is 2. The van der Waals surface area contributed by atoms with E-state index in [0.29, 0.717) is 24.4 Å². The van der Waals surface area contributed by atoms with Gasteiger partial charge in [-0.15, -0.1) is 0 Å². The molecular formula is C21H20F2N2O3. The highest BCUT2D eigenvalue weighted by molar-refractivity contribution is 6.07. The fraction of sp³-hybridized carbons (Fsp3) is 0.238.